The lowest BCUT2D eigenvalue weighted by Crippen LogP contribution is -2.30. The highest BCUT2D eigenvalue weighted by atomic mass is 16.1. The predicted molar refractivity (Wildman–Crippen MR) is 199 cm³/mol. The number of anilines is 5. The van der Waals surface area contributed by atoms with E-state index in [1.54, 1.807) is 6.08 Å². The number of hydrogen-bond donors (Lipinski definition) is 2. The molecule has 7 heteroatoms. The SMILES string of the molecule is CCN(c1ccc(/N=C2/C=C(Nc3ccc(N(CC)C(C)C)cc3)C(=O)C=C2Nc2ccc(N(CC)C(C)C)cc2)cc1)C(C)C. The molecule has 0 aromatic heterocycles. The van der Waals surface area contributed by atoms with Crippen molar-refractivity contribution >= 4 is 45.6 Å². The lowest BCUT2D eigenvalue weighted by Gasteiger charge is -2.28. The summed E-state index contributed by atoms with van der Waals surface area (Å²) in [7, 11) is 0. The molecule has 3 aromatic rings. The Hall–Kier alpha value is -4.52. The summed E-state index contributed by atoms with van der Waals surface area (Å²) in [6, 6.07) is 26.1. The van der Waals surface area contributed by atoms with Crippen LogP contribution in [0.15, 0.2) is 101 Å². The molecule has 0 spiro atoms. The van der Waals surface area contributed by atoms with Crippen molar-refractivity contribution in [2.24, 2.45) is 4.99 Å². The highest BCUT2D eigenvalue weighted by Gasteiger charge is 2.21. The number of benzene rings is 3. The second-order valence-corrected chi connectivity index (χ2v) is 12.5. The number of rotatable bonds is 14. The molecule has 0 unspecified atom stereocenters. The van der Waals surface area contributed by atoms with Crippen molar-refractivity contribution in [2.45, 2.75) is 80.4 Å². The third-order valence-electron chi connectivity index (χ3n) is 8.38. The van der Waals surface area contributed by atoms with E-state index in [0.29, 0.717) is 35.2 Å². The maximum atomic E-state index is 13.5. The van der Waals surface area contributed by atoms with E-state index in [1.807, 2.05) is 30.3 Å². The first-order chi connectivity index (χ1) is 22.0. The molecule has 3 aromatic carbocycles. The fourth-order valence-corrected chi connectivity index (χ4v) is 6.04. The van der Waals surface area contributed by atoms with Crippen LogP contribution in [0.4, 0.5) is 34.1 Å². The second-order valence-electron chi connectivity index (χ2n) is 12.5. The highest BCUT2D eigenvalue weighted by Crippen LogP contribution is 2.27. The van der Waals surface area contributed by atoms with E-state index in [-0.39, 0.29) is 5.78 Å². The Morgan fingerprint density at radius 1 is 0.543 bits per heavy atom. The number of nitrogens with zero attached hydrogens (tertiary/aromatic N) is 4. The Morgan fingerprint density at radius 2 is 0.913 bits per heavy atom. The molecular weight excluding hydrogens is 568 g/mol. The fourth-order valence-electron chi connectivity index (χ4n) is 6.04. The third kappa shape index (κ3) is 8.39. The molecule has 0 saturated carbocycles. The number of aliphatic imine (C=N–C) groups is 1. The maximum Gasteiger partial charge on any atom is 0.204 e. The van der Waals surface area contributed by atoms with Crippen molar-refractivity contribution in [2.75, 3.05) is 45.0 Å². The molecule has 46 heavy (non-hydrogen) atoms. The molecule has 0 radical (unpaired) electrons. The zero-order valence-corrected chi connectivity index (χ0v) is 29.1. The first-order valence-corrected chi connectivity index (χ1v) is 16.7. The molecule has 1 aliphatic rings. The van der Waals surface area contributed by atoms with E-state index >= 15 is 0 Å². The van der Waals surface area contributed by atoms with Gasteiger partial charge in [0.05, 0.1) is 22.8 Å². The lowest BCUT2D eigenvalue weighted by molar-refractivity contribution is -0.111. The minimum absolute atomic E-state index is 0.109. The number of carbonyl (C=O) groups excluding carboxylic acids is 1. The quantitative estimate of drug-likeness (QED) is 0.175. The van der Waals surface area contributed by atoms with Gasteiger partial charge in [0.1, 0.15) is 0 Å². The van der Waals surface area contributed by atoms with E-state index in [2.05, 4.69) is 136 Å². The molecule has 1 aliphatic carbocycles. The van der Waals surface area contributed by atoms with Gasteiger partial charge in [-0.1, -0.05) is 0 Å². The maximum absolute atomic E-state index is 13.5. The fraction of sp³-hybridized carbons (Fsp3) is 0.385. The van der Waals surface area contributed by atoms with E-state index in [0.717, 1.165) is 48.1 Å². The molecule has 0 saturated heterocycles. The van der Waals surface area contributed by atoms with Gasteiger partial charge in [-0.3, -0.25) is 4.79 Å². The molecule has 2 N–H and O–H groups in total. The van der Waals surface area contributed by atoms with Gasteiger partial charge in [-0.2, -0.15) is 0 Å². The minimum atomic E-state index is -0.109. The molecule has 0 atom stereocenters. The number of hydrogen-bond acceptors (Lipinski definition) is 7. The number of ketones is 1. The minimum Gasteiger partial charge on any atom is -0.369 e. The van der Waals surface area contributed by atoms with Gasteiger partial charge in [0.2, 0.25) is 5.78 Å². The summed E-state index contributed by atoms with van der Waals surface area (Å²) < 4.78 is 0. The topological polar surface area (TPSA) is 63.2 Å². The molecule has 0 bridgehead atoms. The van der Waals surface area contributed by atoms with E-state index in [1.165, 1.54) is 5.69 Å². The summed E-state index contributed by atoms with van der Waals surface area (Å²) in [5.74, 6) is -0.109. The van der Waals surface area contributed by atoms with Crippen molar-refractivity contribution in [1.29, 1.82) is 0 Å². The van der Waals surface area contributed by atoms with Gasteiger partial charge in [0, 0.05) is 72.3 Å². The molecule has 7 nitrogen and oxygen atoms in total. The highest BCUT2D eigenvalue weighted by molar-refractivity contribution is 6.24. The summed E-state index contributed by atoms with van der Waals surface area (Å²) in [5, 5.41) is 6.83. The van der Waals surface area contributed by atoms with Crippen LogP contribution < -0.4 is 25.3 Å². The van der Waals surface area contributed by atoms with Crippen LogP contribution in [-0.2, 0) is 4.79 Å². The van der Waals surface area contributed by atoms with Crippen molar-refractivity contribution in [3.63, 3.8) is 0 Å². The van der Waals surface area contributed by atoms with Gasteiger partial charge in [0.25, 0.3) is 0 Å². The van der Waals surface area contributed by atoms with Crippen LogP contribution in [0, 0.1) is 0 Å². The summed E-state index contributed by atoms with van der Waals surface area (Å²) >= 11 is 0. The molecule has 244 valence electrons. The second kappa shape index (κ2) is 15.7. The lowest BCUT2D eigenvalue weighted by atomic mass is 10.0. The first kappa shape index (κ1) is 34.4. The number of nitrogens with one attached hydrogen (secondary N) is 2. The van der Waals surface area contributed by atoms with Gasteiger partial charge >= 0.3 is 0 Å². The van der Waals surface area contributed by atoms with Crippen LogP contribution in [0.2, 0.25) is 0 Å². The van der Waals surface area contributed by atoms with Gasteiger partial charge in [-0.25, -0.2) is 4.99 Å². The largest absolute Gasteiger partial charge is 0.369 e. The number of allylic oxidation sites excluding steroid dienone is 2. The van der Waals surface area contributed by atoms with Crippen molar-refractivity contribution in [1.82, 2.24) is 0 Å². The molecule has 0 fully saturated rings. The smallest absolute Gasteiger partial charge is 0.204 e. The van der Waals surface area contributed by atoms with E-state index in [4.69, 9.17) is 4.99 Å². The summed E-state index contributed by atoms with van der Waals surface area (Å²) in [4.78, 5) is 25.5. The van der Waals surface area contributed by atoms with Crippen molar-refractivity contribution < 1.29 is 4.79 Å². The zero-order valence-electron chi connectivity index (χ0n) is 29.1. The standard InChI is InChI=1S/C39H52N6O/c1-10-43(27(4)5)33-19-13-30(14-20-33)40-36-25-38(42-32-17-23-35(24-18-32)45(12-3)29(8)9)39(46)26-37(36)41-31-15-21-34(22-16-31)44(11-2)28(6)7/h13-29,41-42H,10-12H2,1-9H3/b40-36-. The van der Waals surface area contributed by atoms with Crippen LogP contribution in [0.5, 0.6) is 0 Å². The average Bonchev–Trinajstić information content (AvgIpc) is 3.02. The van der Waals surface area contributed by atoms with Crippen LogP contribution in [-0.4, -0.2) is 49.3 Å². The Kier molecular flexibility index (Phi) is 11.7. The summed E-state index contributed by atoms with van der Waals surface area (Å²) in [6.45, 7) is 22.5. The van der Waals surface area contributed by atoms with Crippen LogP contribution in [0.25, 0.3) is 0 Å². The van der Waals surface area contributed by atoms with E-state index in [9.17, 15) is 4.79 Å². The molecular formula is C39H52N6O. The van der Waals surface area contributed by atoms with E-state index < -0.39 is 0 Å². The van der Waals surface area contributed by atoms with Crippen LogP contribution >= 0.6 is 0 Å². The van der Waals surface area contributed by atoms with Gasteiger partial charge in [-0.15, -0.1) is 0 Å². The first-order valence-electron chi connectivity index (χ1n) is 16.7. The Balaban J connectivity index is 1.65. The van der Waals surface area contributed by atoms with Crippen LogP contribution in [0.3, 0.4) is 0 Å². The zero-order chi connectivity index (χ0) is 33.4. The van der Waals surface area contributed by atoms with Gasteiger partial charge in [0.15, 0.2) is 0 Å². The molecule has 4 rings (SSSR count). The Bertz CT molecular complexity index is 1530. The number of carbonyl (C=O) groups is 1. The van der Waals surface area contributed by atoms with Gasteiger partial charge in [-0.05, 0) is 141 Å². The normalized spacial score (nSPS) is 14.1. The monoisotopic (exact) mass is 620 g/mol. The summed E-state index contributed by atoms with van der Waals surface area (Å²) in [5.41, 5.74) is 7.88. The Morgan fingerprint density at radius 3 is 1.28 bits per heavy atom. The van der Waals surface area contributed by atoms with Crippen molar-refractivity contribution in [3.05, 3.63) is 96.3 Å². The summed E-state index contributed by atoms with van der Waals surface area (Å²) in [6.07, 6.45) is 3.48. The third-order valence-corrected chi connectivity index (χ3v) is 8.38. The molecule has 0 aliphatic heterocycles. The Labute approximate surface area is 276 Å². The predicted octanol–water partition coefficient (Wildman–Crippen LogP) is 9.04. The van der Waals surface area contributed by atoms with Gasteiger partial charge < -0.3 is 25.3 Å². The van der Waals surface area contributed by atoms with Crippen LogP contribution in [0.1, 0.15) is 62.3 Å². The molecule has 0 amide bonds. The van der Waals surface area contributed by atoms with Crippen molar-refractivity contribution in [3.8, 4) is 0 Å². The average molecular weight is 621 g/mol. The molecule has 0 heterocycles.